The second kappa shape index (κ2) is 6.76. The largest absolute Gasteiger partial charge is 0.372 e. The summed E-state index contributed by atoms with van der Waals surface area (Å²) in [5, 5.41) is 2.46. The minimum atomic E-state index is -3.24. The highest BCUT2D eigenvalue weighted by Crippen LogP contribution is 1.91. The van der Waals surface area contributed by atoms with Crippen molar-refractivity contribution in [1.82, 2.24) is 9.62 Å². The number of ether oxygens (including phenoxy) is 1. The van der Waals surface area contributed by atoms with Crippen LogP contribution in [0.5, 0.6) is 0 Å². The molecule has 0 aromatic carbocycles. The van der Waals surface area contributed by atoms with Crippen LogP contribution >= 0.6 is 0 Å². The Hall–Kier alpha value is -0.660. The van der Waals surface area contributed by atoms with Crippen molar-refractivity contribution in [2.75, 3.05) is 39.6 Å². The molecule has 15 heavy (non-hydrogen) atoms. The molecule has 90 valence electrons. The number of carbonyl (C=O) groups is 1. The van der Waals surface area contributed by atoms with Crippen molar-refractivity contribution in [2.24, 2.45) is 0 Å². The molecule has 0 unspecified atom stereocenters. The Morgan fingerprint density at radius 2 is 2.00 bits per heavy atom. The zero-order valence-electron chi connectivity index (χ0n) is 9.32. The van der Waals surface area contributed by atoms with Crippen LogP contribution < -0.4 is 5.32 Å². The quantitative estimate of drug-likeness (QED) is 0.619. The Morgan fingerprint density at radius 3 is 2.47 bits per heavy atom. The number of amides is 1. The van der Waals surface area contributed by atoms with Gasteiger partial charge in [0.1, 0.15) is 6.61 Å². The van der Waals surface area contributed by atoms with Gasteiger partial charge in [0.15, 0.2) is 0 Å². The maximum Gasteiger partial charge on any atom is 0.246 e. The average Bonchev–Trinajstić information content (AvgIpc) is 2.14. The Balaban J connectivity index is 3.75. The highest BCUT2D eigenvalue weighted by molar-refractivity contribution is 7.89. The van der Waals surface area contributed by atoms with Gasteiger partial charge in [-0.3, -0.25) is 4.79 Å². The highest BCUT2D eigenvalue weighted by atomic mass is 32.2. The summed E-state index contributed by atoms with van der Waals surface area (Å²) in [6, 6.07) is 0. The van der Waals surface area contributed by atoms with Gasteiger partial charge in [-0.2, -0.15) is 0 Å². The Morgan fingerprint density at radius 1 is 1.40 bits per heavy atom. The van der Waals surface area contributed by atoms with E-state index in [1.807, 2.05) is 0 Å². The summed E-state index contributed by atoms with van der Waals surface area (Å²) < 4.78 is 28.5. The molecular weight excluding hydrogens is 220 g/mol. The molecule has 0 fully saturated rings. The van der Waals surface area contributed by atoms with Gasteiger partial charge in [-0.05, 0) is 6.92 Å². The highest BCUT2D eigenvalue weighted by Gasteiger charge is 2.13. The van der Waals surface area contributed by atoms with E-state index in [0.29, 0.717) is 6.61 Å². The third-order valence-corrected chi connectivity index (χ3v) is 3.51. The first kappa shape index (κ1) is 14.3. The van der Waals surface area contributed by atoms with Crippen LogP contribution in [0.15, 0.2) is 0 Å². The van der Waals surface area contributed by atoms with Gasteiger partial charge in [0.2, 0.25) is 15.9 Å². The van der Waals surface area contributed by atoms with E-state index in [2.05, 4.69) is 5.32 Å². The lowest BCUT2D eigenvalue weighted by Gasteiger charge is -2.11. The van der Waals surface area contributed by atoms with Gasteiger partial charge in [0.05, 0.1) is 5.75 Å². The molecule has 0 saturated heterocycles. The summed E-state index contributed by atoms with van der Waals surface area (Å²) in [4.78, 5) is 11.0. The first-order valence-corrected chi connectivity index (χ1v) is 6.25. The summed E-state index contributed by atoms with van der Waals surface area (Å²) in [5.41, 5.74) is 0. The molecule has 0 bridgehead atoms. The number of sulfonamides is 1. The molecule has 0 atom stereocenters. The lowest BCUT2D eigenvalue weighted by molar-refractivity contribution is -0.125. The lowest BCUT2D eigenvalue weighted by Crippen LogP contribution is -2.35. The fraction of sp³-hybridized carbons (Fsp3) is 0.875. The molecule has 0 aromatic heterocycles. The first-order valence-electron chi connectivity index (χ1n) is 4.64. The Bertz CT molecular complexity index is 287. The average molecular weight is 238 g/mol. The summed E-state index contributed by atoms with van der Waals surface area (Å²) in [6.45, 7) is 2.32. The van der Waals surface area contributed by atoms with E-state index in [1.54, 1.807) is 6.92 Å². The van der Waals surface area contributed by atoms with E-state index in [1.165, 1.54) is 14.1 Å². The SMILES string of the molecule is CCOCC(=O)NCCS(=O)(=O)N(C)C. The van der Waals surface area contributed by atoms with Crippen LogP contribution in [0, 0.1) is 0 Å². The van der Waals surface area contributed by atoms with Crippen molar-refractivity contribution in [3.8, 4) is 0 Å². The van der Waals surface area contributed by atoms with Gasteiger partial charge in [0, 0.05) is 27.2 Å². The van der Waals surface area contributed by atoms with Gasteiger partial charge < -0.3 is 10.1 Å². The minimum Gasteiger partial charge on any atom is -0.372 e. The van der Waals surface area contributed by atoms with Crippen LogP contribution in [0.4, 0.5) is 0 Å². The smallest absolute Gasteiger partial charge is 0.246 e. The normalized spacial score (nSPS) is 11.7. The molecule has 0 radical (unpaired) electrons. The summed E-state index contributed by atoms with van der Waals surface area (Å²) in [5.74, 6) is -0.400. The number of hydrogen-bond donors (Lipinski definition) is 1. The molecule has 1 amide bonds. The van der Waals surface area contributed by atoms with Crippen LogP contribution in [0.25, 0.3) is 0 Å². The summed E-state index contributed by atoms with van der Waals surface area (Å²) >= 11 is 0. The van der Waals surface area contributed by atoms with E-state index < -0.39 is 10.0 Å². The van der Waals surface area contributed by atoms with Crippen molar-refractivity contribution in [2.45, 2.75) is 6.92 Å². The maximum atomic E-state index is 11.3. The predicted molar refractivity (Wildman–Crippen MR) is 57.0 cm³/mol. The van der Waals surface area contributed by atoms with E-state index in [9.17, 15) is 13.2 Å². The zero-order chi connectivity index (χ0) is 11.9. The number of hydrogen-bond acceptors (Lipinski definition) is 4. The standard InChI is InChI=1S/C8H18N2O4S/c1-4-14-7-8(11)9-5-6-15(12,13)10(2)3/h4-7H2,1-3H3,(H,9,11). The van der Waals surface area contributed by atoms with Gasteiger partial charge in [-0.15, -0.1) is 0 Å². The third-order valence-electron chi connectivity index (χ3n) is 1.68. The first-order chi connectivity index (χ1) is 6.90. The van der Waals surface area contributed by atoms with Crippen molar-refractivity contribution in [3.05, 3.63) is 0 Å². The fourth-order valence-electron chi connectivity index (χ4n) is 0.748. The van der Waals surface area contributed by atoms with E-state index >= 15 is 0 Å². The van der Waals surface area contributed by atoms with Crippen LogP contribution in [0.2, 0.25) is 0 Å². The van der Waals surface area contributed by atoms with Crippen molar-refractivity contribution in [1.29, 1.82) is 0 Å². The molecule has 0 saturated carbocycles. The van der Waals surface area contributed by atoms with E-state index in [-0.39, 0.29) is 24.8 Å². The van der Waals surface area contributed by atoms with Crippen molar-refractivity contribution < 1.29 is 17.9 Å². The summed E-state index contributed by atoms with van der Waals surface area (Å²) in [6.07, 6.45) is 0. The predicted octanol–water partition coefficient (Wildman–Crippen LogP) is -0.969. The molecule has 1 N–H and O–H groups in total. The van der Waals surface area contributed by atoms with Crippen molar-refractivity contribution in [3.63, 3.8) is 0 Å². The van der Waals surface area contributed by atoms with E-state index in [4.69, 9.17) is 4.74 Å². The molecule has 7 heteroatoms. The van der Waals surface area contributed by atoms with E-state index in [0.717, 1.165) is 4.31 Å². The van der Waals surface area contributed by atoms with Crippen LogP contribution in [0.3, 0.4) is 0 Å². The van der Waals surface area contributed by atoms with Gasteiger partial charge in [-0.25, -0.2) is 12.7 Å². The maximum absolute atomic E-state index is 11.3. The van der Waals surface area contributed by atoms with Gasteiger partial charge in [0.25, 0.3) is 0 Å². The van der Waals surface area contributed by atoms with Crippen LogP contribution in [-0.2, 0) is 19.6 Å². The molecule has 0 aliphatic carbocycles. The van der Waals surface area contributed by atoms with Gasteiger partial charge >= 0.3 is 0 Å². The number of nitrogens with zero attached hydrogens (tertiary/aromatic N) is 1. The zero-order valence-corrected chi connectivity index (χ0v) is 10.1. The molecular formula is C8H18N2O4S. The molecule has 0 spiro atoms. The topological polar surface area (TPSA) is 75.7 Å². The Labute approximate surface area is 90.6 Å². The molecule has 0 aliphatic rings. The van der Waals surface area contributed by atoms with Crippen molar-refractivity contribution >= 4 is 15.9 Å². The number of carbonyl (C=O) groups excluding carboxylic acids is 1. The summed E-state index contributed by atoms with van der Waals surface area (Å²) in [7, 11) is -0.325. The third kappa shape index (κ3) is 6.43. The fourth-order valence-corrected chi connectivity index (χ4v) is 1.47. The molecule has 0 rings (SSSR count). The Kier molecular flexibility index (Phi) is 6.46. The van der Waals surface area contributed by atoms with Crippen LogP contribution in [0.1, 0.15) is 6.92 Å². The number of nitrogens with one attached hydrogen (secondary N) is 1. The lowest BCUT2D eigenvalue weighted by atomic mass is 10.6. The minimum absolute atomic E-state index is 0.0293. The van der Waals surface area contributed by atoms with Crippen LogP contribution in [-0.4, -0.2) is 58.2 Å². The second-order valence-electron chi connectivity index (χ2n) is 3.09. The second-order valence-corrected chi connectivity index (χ2v) is 5.39. The molecule has 0 heterocycles. The number of rotatable bonds is 7. The van der Waals surface area contributed by atoms with Gasteiger partial charge in [-0.1, -0.05) is 0 Å². The monoisotopic (exact) mass is 238 g/mol. The molecule has 0 aromatic rings. The molecule has 0 aliphatic heterocycles. The molecule has 6 nitrogen and oxygen atoms in total.